The van der Waals surface area contributed by atoms with Gasteiger partial charge in [0.2, 0.25) is 0 Å². The summed E-state index contributed by atoms with van der Waals surface area (Å²) in [6.45, 7) is 11.0. The Kier molecular flexibility index (Phi) is 4.85. The monoisotopic (exact) mass is 230 g/mol. The van der Waals surface area contributed by atoms with E-state index in [4.69, 9.17) is 0 Å². The molecule has 0 aromatic rings. The zero-order valence-electron chi connectivity index (χ0n) is 9.98. The molecule has 0 saturated carbocycles. The molecule has 1 unspecified atom stereocenters. The second kappa shape index (κ2) is 6.16. The van der Waals surface area contributed by atoms with Crippen LogP contribution in [0.25, 0.3) is 0 Å². The quantitative estimate of drug-likeness (QED) is 0.712. The Balaban J connectivity index is 3.23. The largest absolute Gasteiger partial charge is 0.381 e. The Morgan fingerprint density at radius 2 is 1.59 bits per heavy atom. The van der Waals surface area contributed by atoms with Crippen molar-refractivity contribution in [3.05, 3.63) is 60.8 Å². The number of Topliss-reactive ketones (excluding diaryl/α,β-unsaturated/α-hetero) is 1. The topological polar surface area (TPSA) is 37.3 Å². The minimum atomic E-state index is -1.03. The Labute approximate surface area is 102 Å². The molecule has 2 nitrogen and oxygen atoms in total. The van der Waals surface area contributed by atoms with Gasteiger partial charge in [0.15, 0.2) is 5.78 Å². The Hall–Kier alpha value is -1.67. The number of hydrogen-bond acceptors (Lipinski definition) is 2. The van der Waals surface area contributed by atoms with Crippen LogP contribution in [-0.4, -0.2) is 17.0 Å². The fraction of sp³-hybridized carbons (Fsp3) is 0.267. The van der Waals surface area contributed by atoms with Crippen molar-refractivity contribution in [1.82, 2.24) is 0 Å². The number of carbonyl (C=O) groups is 1. The molecule has 1 rings (SSSR count). The van der Waals surface area contributed by atoms with E-state index in [1.54, 1.807) is 24.3 Å². The molecular weight excluding hydrogens is 212 g/mol. The highest BCUT2D eigenvalue weighted by molar-refractivity contribution is 6.03. The van der Waals surface area contributed by atoms with Crippen LogP contribution in [-0.2, 0) is 4.79 Å². The molecule has 0 heterocycles. The first kappa shape index (κ1) is 13.4. The molecule has 0 bridgehead atoms. The van der Waals surface area contributed by atoms with Gasteiger partial charge in [0.05, 0.1) is 0 Å². The minimum Gasteiger partial charge on any atom is -0.381 e. The Morgan fingerprint density at radius 3 is 2.12 bits per heavy atom. The highest BCUT2D eigenvalue weighted by atomic mass is 16.3. The molecule has 2 heteroatoms. The molecule has 0 radical (unpaired) electrons. The summed E-state index contributed by atoms with van der Waals surface area (Å²) in [7, 11) is 0. The number of rotatable bonds is 6. The van der Waals surface area contributed by atoms with E-state index >= 15 is 0 Å². The van der Waals surface area contributed by atoms with Gasteiger partial charge in [0.1, 0.15) is 6.10 Å². The molecule has 1 N–H and O–H groups in total. The van der Waals surface area contributed by atoms with Gasteiger partial charge in [-0.15, -0.1) is 19.7 Å². The first-order chi connectivity index (χ1) is 8.15. The summed E-state index contributed by atoms with van der Waals surface area (Å²) < 4.78 is 0. The normalized spacial score (nSPS) is 19.9. The highest BCUT2D eigenvalue weighted by Gasteiger charge is 2.26. The van der Waals surface area contributed by atoms with Crippen LogP contribution in [0.15, 0.2) is 60.8 Å². The van der Waals surface area contributed by atoms with Gasteiger partial charge in [0.25, 0.3) is 0 Å². The second-order valence-corrected chi connectivity index (χ2v) is 3.94. The highest BCUT2D eigenvalue weighted by Crippen LogP contribution is 2.30. The van der Waals surface area contributed by atoms with Gasteiger partial charge in [0, 0.05) is 5.57 Å². The molecule has 0 aromatic heterocycles. The van der Waals surface area contributed by atoms with Gasteiger partial charge < -0.3 is 5.11 Å². The van der Waals surface area contributed by atoms with Gasteiger partial charge in [-0.05, 0) is 36.5 Å². The molecule has 0 aliphatic heterocycles. The zero-order valence-corrected chi connectivity index (χ0v) is 9.98. The summed E-state index contributed by atoms with van der Waals surface area (Å²) in [5, 5.41) is 9.70. The first-order valence-electron chi connectivity index (χ1n) is 5.63. The summed E-state index contributed by atoms with van der Waals surface area (Å²) in [5.74, 6) is -0.227. The fourth-order valence-electron chi connectivity index (χ4n) is 2.00. The average Bonchev–Trinajstić information content (AvgIpc) is 2.30. The SMILES string of the molecule is C=CCC1=CC(O)C(=O)C(CC=C)=C1CC=C. The van der Waals surface area contributed by atoms with Gasteiger partial charge >= 0.3 is 0 Å². The third kappa shape index (κ3) is 2.92. The maximum Gasteiger partial charge on any atom is 0.191 e. The van der Waals surface area contributed by atoms with E-state index in [2.05, 4.69) is 19.7 Å². The predicted molar refractivity (Wildman–Crippen MR) is 70.6 cm³/mol. The number of aliphatic hydroxyl groups is 1. The summed E-state index contributed by atoms with van der Waals surface area (Å²) in [6.07, 6.45) is 7.54. The van der Waals surface area contributed by atoms with Crippen LogP contribution in [0, 0.1) is 0 Å². The molecule has 0 amide bonds. The molecule has 0 fully saturated rings. The van der Waals surface area contributed by atoms with Crippen LogP contribution in [0.4, 0.5) is 0 Å². The van der Waals surface area contributed by atoms with Gasteiger partial charge in [-0.3, -0.25) is 4.79 Å². The van der Waals surface area contributed by atoms with Crippen molar-refractivity contribution in [2.45, 2.75) is 25.4 Å². The summed E-state index contributed by atoms with van der Waals surface area (Å²) in [4.78, 5) is 11.9. The summed E-state index contributed by atoms with van der Waals surface area (Å²) >= 11 is 0. The first-order valence-corrected chi connectivity index (χ1v) is 5.63. The predicted octanol–water partition coefficient (Wildman–Crippen LogP) is 2.88. The number of carbonyl (C=O) groups excluding carboxylic acids is 1. The lowest BCUT2D eigenvalue weighted by Crippen LogP contribution is -2.25. The van der Waals surface area contributed by atoms with E-state index in [0.29, 0.717) is 24.8 Å². The third-order valence-corrected chi connectivity index (χ3v) is 2.74. The average molecular weight is 230 g/mol. The molecule has 17 heavy (non-hydrogen) atoms. The van der Waals surface area contributed by atoms with Gasteiger partial charge in [-0.1, -0.05) is 18.2 Å². The Morgan fingerprint density at radius 1 is 1.06 bits per heavy atom. The second-order valence-electron chi connectivity index (χ2n) is 3.94. The number of ketones is 1. The summed E-state index contributed by atoms with van der Waals surface area (Å²) in [6, 6.07) is 0. The Bertz CT molecular complexity index is 411. The van der Waals surface area contributed by atoms with Crippen LogP contribution in [0.3, 0.4) is 0 Å². The van der Waals surface area contributed by atoms with E-state index in [-0.39, 0.29) is 5.78 Å². The van der Waals surface area contributed by atoms with Crippen LogP contribution in [0.1, 0.15) is 19.3 Å². The molecule has 90 valence electrons. The molecule has 0 aromatic carbocycles. The number of allylic oxidation sites excluding steroid dienone is 5. The van der Waals surface area contributed by atoms with E-state index in [1.807, 2.05) is 0 Å². The van der Waals surface area contributed by atoms with Crippen molar-refractivity contribution < 1.29 is 9.90 Å². The number of aliphatic hydroxyl groups excluding tert-OH is 1. The lowest BCUT2D eigenvalue weighted by Gasteiger charge is -2.22. The smallest absolute Gasteiger partial charge is 0.191 e. The van der Waals surface area contributed by atoms with Crippen LogP contribution in [0.5, 0.6) is 0 Å². The molecule has 0 spiro atoms. The van der Waals surface area contributed by atoms with Crippen molar-refractivity contribution in [3.63, 3.8) is 0 Å². The van der Waals surface area contributed by atoms with Crippen molar-refractivity contribution in [1.29, 1.82) is 0 Å². The molecular formula is C15H18O2. The third-order valence-electron chi connectivity index (χ3n) is 2.74. The maximum atomic E-state index is 11.9. The van der Waals surface area contributed by atoms with E-state index in [1.165, 1.54) is 0 Å². The molecule has 1 atom stereocenters. The number of hydrogen-bond donors (Lipinski definition) is 1. The minimum absolute atomic E-state index is 0.227. The van der Waals surface area contributed by atoms with E-state index in [0.717, 1.165) is 11.1 Å². The molecule has 1 aliphatic carbocycles. The van der Waals surface area contributed by atoms with Crippen LogP contribution in [0.2, 0.25) is 0 Å². The van der Waals surface area contributed by atoms with Crippen molar-refractivity contribution in [2.75, 3.05) is 0 Å². The maximum absolute atomic E-state index is 11.9. The van der Waals surface area contributed by atoms with Gasteiger partial charge in [-0.25, -0.2) is 0 Å². The van der Waals surface area contributed by atoms with Crippen molar-refractivity contribution >= 4 is 5.78 Å². The lowest BCUT2D eigenvalue weighted by atomic mass is 9.84. The van der Waals surface area contributed by atoms with Crippen LogP contribution < -0.4 is 0 Å². The molecule has 1 aliphatic rings. The van der Waals surface area contributed by atoms with E-state index < -0.39 is 6.10 Å². The van der Waals surface area contributed by atoms with Gasteiger partial charge in [-0.2, -0.15) is 0 Å². The summed E-state index contributed by atoms with van der Waals surface area (Å²) in [5.41, 5.74) is 2.56. The van der Waals surface area contributed by atoms with E-state index in [9.17, 15) is 9.90 Å². The van der Waals surface area contributed by atoms with Crippen molar-refractivity contribution in [3.8, 4) is 0 Å². The van der Waals surface area contributed by atoms with Crippen LogP contribution >= 0.6 is 0 Å². The lowest BCUT2D eigenvalue weighted by molar-refractivity contribution is -0.121. The fourth-order valence-corrected chi connectivity index (χ4v) is 2.00. The zero-order chi connectivity index (χ0) is 12.8. The van der Waals surface area contributed by atoms with Crippen molar-refractivity contribution in [2.24, 2.45) is 0 Å². The molecule has 0 saturated heterocycles. The standard InChI is InChI=1S/C15H18O2/c1-4-7-11-10-14(16)15(17)13(9-6-3)12(11)8-5-2/h4-6,10,14,16H,1-3,7-9H2.